The first-order valence-corrected chi connectivity index (χ1v) is 9.65. The summed E-state index contributed by atoms with van der Waals surface area (Å²) < 4.78 is 0. The van der Waals surface area contributed by atoms with Crippen LogP contribution in [0.15, 0.2) is 54.7 Å². The quantitative estimate of drug-likeness (QED) is 0.653. The zero-order valence-electron chi connectivity index (χ0n) is 16.7. The van der Waals surface area contributed by atoms with E-state index < -0.39 is 0 Å². The summed E-state index contributed by atoms with van der Waals surface area (Å²) >= 11 is 0. The predicted molar refractivity (Wildman–Crippen MR) is 114 cm³/mol. The Labute approximate surface area is 165 Å². The Morgan fingerprint density at radius 2 is 1.79 bits per heavy atom. The number of rotatable bonds is 7. The van der Waals surface area contributed by atoms with E-state index in [-0.39, 0.29) is 11.8 Å². The Morgan fingerprint density at radius 1 is 1.07 bits per heavy atom. The number of H-pyrrole nitrogens is 1. The van der Waals surface area contributed by atoms with Gasteiger partial charge >= 0.3 is 0 Å². The van der Waals surface area contributed by atoms with Gasteiger partial charge in [-0.25, -0.2) is 0 Å². The Hall–Kier alpha value is -3.08. The molecule has 1 aromatic heterocycles. The van der Waals surface area contributed by atoms with Crippen molar-refractivity contribution < 1.29 is 9.59 Å². The summed E-state index contributed by atoms with van der Waals surface area (Å²) in [5, 5.41) is 3.99. The van der Waals surface area contributed by atoms with Crippen molar-refractivity contribution in [1.29, 1.82) is 0 Å². The smallest absolute Gasteiger partial charge is 0.224 e. The van der Waals surface area contributed by atoms with Crippen LogP contribution in [-0.4, -0.2) is 29.9 Å². The third-order valence-corrected chi connectivity index (χ3v) is 4.94. The molecule has 0 saturated heterocycles. The first-order chi connectivity index (χ1) is 13.5. The molecule has 0 saturated carbocycles. The van der Waals surface area contributed by atoms with E-state index in [0.717, 1.165) is 22.2 Å². The highest BCUT2D eigenvalue weighted by molar-refractivity contribution is 5.92. The van der Waals surface area contributed by atoms with Gasteiger partial charge in [-0.15, -0.1) is 0 Å². The summed E-state index contributed by atoms with van der Waals surface area (Å²) in [5.74, 6) is 0.357. The number of para-hydroxylation sites is 1. The zero-order valence-corrected chi connectivity index (χ0v) is 16.7. The molecular formula is C23H27N3O2. The van der Waals surface area contributed by atoms with E-state index in [0.29, 0.717) is 25.4 Å². The monoisotopic (exact) mass is 377 g/mol. The number of fused-ring (bicyclic) bond motifs is 1. The maximum absolute atomic E-state index is 12.3. The zero-order chi connectivity index (χ0) is 20.1. The van der Waals surface area contributed by atoms with Gasteiger partial charge < -0.3 is 15.2 Å². The van der Waals surface area contributed by atoms with E-state index in [1.165, 1.54) is 5.56 Å². The lowest BCUT2D eigenvalue weighted by Crippen LogP contribution is -2.38. The van der Waals surface area contributed by atoms with Crippen molar-refractivity contribution in [3.8, 4) is 0 Å². The summed E-state index contributed by atoms with van der Waals surface area (Å²) in [4.78, 5) is 29.3. The highest BCUT2D eigenvalue weighted by Gasteiger charge is 2.13. The maximum atomic E-state index is 12.3. The van der Waals surface area contributed by atoms with Gasteiger partial charge in [0.1, 0.15) is 0 Å². The predicted octanol–water partition coefficient (Wildman–Crippen LogP) is 4.00. The maximum Gasteiger partial charge on any atom is 0.224 e. The molecular weight excluding hydrogens is 350 g/mol. The number of nitrogens with one attached hydrogen (secondary N) is 2. The largest absolute Gasteiger partial charge is 0.361 e. The summed E-state index contributed by atoms with van der Waals surface area (Å²) in [7, 11) is 0. The van der Waals surface area contributed by atoms with Crippen molar-refractivity contribution in [2.75, 3.05) is 18.0 Å². The number of carbonyl (C=O) groups is 2. The molecule has 146 valence electrons. The number of anilines is 1. The number of aromatic nitrogens is 1. The number of aromatic amines is 1. The summed E-state index contributed by atoms with van der Waals surface area (Å²) in [6, 6.07) is 15.9. The van der Waals surface area contributed by atoms with Gasteiger partial charge in [0.2, 0.25) is 11.8 Å². The molecule has 1 heterocycles. The number of hydrogen-bond acceptors (Lipinski definition) is 2. The van der Waals surface area contributed by atoms with Crippen LogP contribution in [0.4, 0.5) is 5.69 Å². The van der Waals surface area contributed by atoms with Crippen molar-refractivity contribution in [2.45, 2.75) is 33.1 Å². The van der Waals surface area contributed by atoms with Gasteiger partial charge in [0, 0.05) is 42.8 Å². The van der Waals surface area contributed by atoms with Gasteiger partial charge in [-0.1, -0.05) is 44.2 Å². The van der Waals surface area contributed by atoms with Crippen molar-refractivity contribution in [2.24, 2.45) is 0 Å². The first-order valence-electron chi connectivity index (χ1n) is 9.65. The third kappa shape index (κ3) is 4.60. The highest BCUT2D eigenvalue weighted by Crippen LogP contribution is 2.20. The molecule has 0 atom stereocenters. The lowest BCUT2D eigenvalue weighted by atomic mass is 10.0. The van der Waals surface area contributed by atoms with Crippen molar-refractivity contribution in [3.05, 3.63) is 65.9 Å². The molecule has 0 fully saturated rings. The Balaban J connectivity index is 1.57. The molecule has 3 rings (SSSR count). The van der Waals surface area contributed by atoms with E-state index in [1.54, 1.807) is 11.8 Å². The molecule has 0 aliphatic rings. The average molecular weight is 377 g/mol. The lowest BCUT2D eigenvalue weighted by molar-refractivity contribution is -0.121. The van der Waals surface area contributed by atoms with Gasteiger partial charge in [-0.05, 0) is 35.2 Å². The second-order valence-corrected chi connectivity index (χ2v) is 7.30. The number of benzene rings is 2. The van der Waals surface area contributed by atoms with Crippen molar-refractivity contribution in [1.82, 2.24) is 10.3 Å². The lowest BCUT2D eigenvalue weighted by Gasteiger charge is -2.22. The van der Waals surface area contributed by atoms with Crippen LogP contribution in [0.5, 0.6) is 0 Å². The minimum absolute atomic E-state index is 0.0387. The molecule has 0 aliphatic carbocycles. The average Bonchev–Trinajstić information content (AvgIpc) is 3.08. The molecule has 2 amide bonds. The number of nitrogens with zero attached hydrogens (tertiary/aromatic N) is 1. The van der Waals surface area contributed by atoms with Gasteiger partial charge in [-0.3, -0.25) is 9.59 Å². The standard InChI is InChI=1S/C23H27N3O2/c1-16(2)18-8-10-20(11-9-18)26(17(3)27)13-12-24-23(28)14-19-15-25-22-7-5-4-6-21(19)22/h4-11,15-16,25H,12-14H2,1-3H3,(H,24,28). The summed E-state index contributed by atoms with van der Waals surface area (Å²) in [6.45, 7) is 6.68. The highest BCUT2D eigenvalue weighted by atomic mass is 16.2. The van der Waals surface area contributed by atoms with Crippen LogP contribution in [0.3, 0.4) is 0 Å². The molecule has 0 aliphatic heterocycles. The SMILES string of the molecule is CC(=O)N(CCNC(=O)Cc1c[nH]c2ccccc12)c1ccc(C(C)C)cc1. The van der Waals surface area contributed by atoms with Crippen LogP contribution in [0.2, 0.25) is 0 Å². The fraction of sp³-hybridized carbons (Fsp3) is 0.304. The third-order valence-electron chi connectivity index (χ3n) is 4.94. The second kappa shape index (κ2) is 8.74. The molecule has 3 aromatic rings. The molecule has 2 N–H and O–H groups in total. The van der Waals surface area contributed by atoms with Crippen molar-refractivity contribution in [3.63, 3.8) is 0 Å². The fourth-order valence-corrected chi connectivity index (χ4v) is 3.33. The van der Waals surface area contributed by atoms with Crippen LogP contribution in [0, 0.1) is 0 Å². The first kappa shape index (κ1) is 19.7. The Bertz CT molecular complexity index is 957. The topological polar surface area (TPSA) is 65.2 Å². The van der Waals surface area contributed by atoms with Crippen LogP contribution in [-0.2, 0) is 16.0 Å². The van der Waals surface area contributed by atoms with Gasteiger partial charge in [0.25, 0.3) is 0 Å². The summed E-state index contributed by atoms with van der Waals surface area (Å²) in [6.07, 6.45) is 2.19. The molecule has 0 unspecified atom stereocenters. The van der Waals surface area contributed by atoms with Crippen LogP contribution in [0.25, 0.3) is 10.9 Å². The molecule has 5 heteroatoms. The molecule has 2 aromatic carbocycles. The molecule has 0 radical (unpaired) electrons. The van der Waals surface area contributed by atoms with E-state index in [2.05, 4.69) is 24.1 Å². The number of amides is 2. The minimum atomic E-state index is -0.0524. The van der Waals surface area contributed by atoms with E-state index in [9.17, 15) is 9.59 Å². The van der Waals surface area contributed by atoms with Crippen LogP contribution < -0.4 is 10.2 Å². The van der Waals surface area contributed by atoms with Gasteiger partial charge in [-0.2, -0.15) is 0 Å². The Morgan fingerprint density at radius 3 is 2.46 bits per heavy atom. The van der Waals surface area contributed by atoms with E-state index in [1.807, 2.05) is 54.7 Å². The molecule has 28 heavy (non-hydrogen) atoms. The normalized spacial score (nSPS) is 11.0. The second-order valence-electron chi connectivity index (χ2n) is 7.30. The van der Waals surface area contributed by atoms with E-state index in [4.69, 9.17) is 0 Å². The molecule has 5 nitrogen and oxygen atoms in total. The Kier molecular flexibility index (Phi) is 6.14. The number of hydrogen-bond donors (Lipinski definition) is 2. The van der Waals surface area contributed by atoms with Crippen LogP contribution >= 0.6 is 0 Å². The number of carbonyl (C=O) groups excluding carboxylic acids is 2. The van der Waals surface area contributed by atoms with Gasteiger partial charge in [0.05, 0.1) is 6.42 Å². The van der Waals surface area contributed by atoms with E-state index >= 15 is 0 Å². The minimum Gasteiger partial charge on any atom is -0.361 e. The fourth-order valence-electron chi connectivity index (χ4n) is 3.33. The van der Waals surface area contributed by atoms with Gasteiger partial charge in [0.15, 0.2) is 0 Å². The molecule has 0 spiro atoms. The van der Waals surface area contributed by atoms with Crippen molar-refractivity contribution >= 4 is 28.4 Å². The van der Waals surface area contributed by atoms with Crippen LogP contribution in [0.1, 0.15) is 37.8 Å². The molecule has 0 bridgehead atoms. The summed E-state index contributed by atoms with van der Waals surface area (Å²) in [5.41, 5.74) is 4.08.